The summed E-state index contributed by atoms with van der Waals surface area (Å²) in [4.78, 5) is 35.5. The summed E-state index contributed by atoms with van der Waals surface area (Å²) in [5.41, 5.74) is 0.956. The molecular weight excluding hydrogens is 384 g/mol. The highest BCUT2D eigenvalue weighted by molar-refractivity contribution is 8.77. The Balaban J connectivity index is 1.64. The second-order valence-corrected chi connectivity index (χ2v) is 9.01. The van der Waals surface area contributed by atoms with Gasteiger partial charge in [0.05, 0.1) is 0 Å². The molecule has 6 nitrogen and oxygen atoms in total. The lowest BCUT2D eigenvalue weighted by atomic mass is 10.1. The van der Waals surface area contributed by atoms with Gasteiger partial charge in [-0.05, 0) is 44.4 Å². The zero-order valence-electron chi connectivity index (χ0n) is 15.5. The number of unbranched alkanes of at least 4 members (excludes halogenated alkanes) is 1. The van der Waals surface area contributed by atoms with Gasteiger partial charge in [-0.1, -0.05) is 34.1 Å². The quantitative estimate of drug-likeness (QED) is 0.348. The third kappa shape index (κ3) is 8.26. The highest BCUT2D eigenvalue weighted by Gasteiger charge is 2.16. The molecule has 2 N–H and O–H groups in total. The maximum atomic E-state index is 11.9. The number of carbonyl (C=O) groups excluding carboxylic acids is 3. The number of rotatable bonds is 10. The van der Waals surface area contributed by atoms with E-state index in [2.05, 4.69) is 10.6 Å². The van der Waals surface area contributed by atoms with Gasteiger partial charge in [0, 0.05) is 35.2 Å². The number of hydrogen-bond donors (Lipinski definition) is 2. The number of anilines is 1. The van der Waals surface area contributed by atoms with Crippen LogP contribution in [0.4, 0.5) is 5.69 Å². The number of benzene rings is 1. The molecule has 1 heterocycles. The fraction of sp³-hybridized carbons (Fsp3) is 0.526. The van der Waals surface area contributed by atoms with E-state index in [1.54, 1.807) is 24.3 Å². The van der Waals surface area contributed by atoms with Gasteiger partial charge in [-0.15, -0.1) is 0 Å². The van der Waals surface area contributed by atoms with E-state index in [9.17, 15) is 14.4 Å². The molecule has 0 radical (unpaired) electrons. The number of carbonyl (C=O) groups is 3. The lowest BCUT2D eigenvalue weighted by molar-refractivity contribution is -0.147. The van der Waals surface area contributed by atoms with Gasteiger partial charge in [0.15, 0.2) is 6.61 Å². The predicted molar refractivity (Wildman–Crippen MR) is 111 cm³/mol. The van der Waals surface area contributed by atoms with Crippen molar-refractivity contribution in [3.8, 4) is 0 Å². The van der Waals surface area contributed by atoms with Crippen molar-refractivity contribution < 1.29 is 19.1 Å². The lowest BCUT2D eigenvalue weighted by Gasteiger charge is -2.09. The van der Waals surface area contributed by atoms with Crippen LogP contribution < -0.4 is 10.6 Å². The number of hydrogen-bond acceptors (Lipinski definition) is 6. The summed E-state index contributed by atoms with van der Waals surface area (Å²) in [6.45, 7) is 2.05. The van der Waals surface area contributed by atoms with E-state index in [0.717, 1.165) is 19.3 Å². The molecule has 0 aromatic heterocycles. The standard InChI is InChI=1S/C19H26N2O4S2/c1-2-20-19(24)14-6-5-7-15(12-14)21-17(22)13-25-18(23)9-4-3-8-16-10-11-26-27-16/h5-7,12,16H,2-4,8-11,13H2,1H3,(H,20,24)(H,21,22)/t16-/m0/s1. The van der Waals surface area contributed by atoms with Crippen molar-refractivity contribution in [3.63, 3.8) is 0 Å². The van der Waals surface area contributed by atoms with Crippen molar-refractivity contribution >= 4 is 45.1 Å². The van der Waals surface area contributed by atoms with Crippen molar-refractivity contribution in [2.75, 3.05) is 24.2 Å². The van der Waals surface area contributed by atoms with Gasteiger partial charge < -0.3 is 15.4 Å². The van der Waals surface area contributed by atoms with Gasteiger partial charge in [0.25, 0.3) is 11.8 Å². The Bertz CT molecular complexity index is 648. The fourth-order valence-electron chi connectivity index (χ4n) is 2.62. The zero-order chi connectivity index (χ0) is 19.5. The SMILES string of the molecule is CCNC(=O)c1cccc(NC(=O)COC(=O)CCCC[C@H]2CCSS2)c1. The molecule has 2 rings (SSSR count). The van der Waals surface area contributed by atoms with E-state index in [1.165, 1.54) is 12.2 Å². The van der Waals surface area contributed by atoms with Crippen LogP contribution in [0.15, 0.2) is 24.3 Å². The van der Waals surface area contributed by atoms with Gasteiger partial charge in [-0.3, -0.25) is 14.4 Å². The molecular formula is C19H26N2O4S2. The molecule has 0 saturated carbocycles. The maximum absolute atomic E-state index is 11.9. The largest absolute Gasteiger partial charge is 0.456 e. The van der Waals surface area contributed by atoms with Crippen LogP contribution in [-0.2, 0) is 14.3 Å². The first-order valence-corrected chi connectivity index (χ1v) is 11.6. The van der Waals surface area contributed by atoms with Crippen LogP contribution in [0.5, 0.6) is 0 Å². The monoisotopic (exact) mass is 410 g/mol. The molecule has 148 valence electrons. The molecule has 0 unspecified atom stereocenters. The highest BCUT2D eigenvalue weighted by Crippen LogP contribution is 2.39. The van der Waals surface area contributed by atoms with Gasteiger partial charge in [0.1, 0.15) is 0 Å². The van der Waals surface area contributed by atoms with Crippen LogP contribution in [0, 0.1) is 0 Å². The van der Waals surface area contributed by atoms with E-state index in [4.69, 9.17) is 4.74 Å². The van der Waals surface area contributed by atoms with E-state index < -0.39 is 5.91 Å². The Morgan fingerprint density at radius 3 is 2.85 bits per heavy atom. The van der Waals surface area contributed by atoms with E-state index in [0.29, 0.717) is 29.5 Å². The van der Waals surface area contributed by atoms with Crippen molar-refractivity contribution in [3.05, 3.63) is 29.8 Å². The topological polar surface area (TPSA) is 84.5 Å². The summed E-state index contributed by atoms with van der Waals surface area (Å²) >= 11 is 0. The second kappa shape index (κ2) is 11.9. The number of amides is 2. The third-order valence-corrected chi connectivity index (χ3v) is 7.00. The predicted octanol–water partition coefficient (Wildman–Crippen LogP) is 3.63. The number of esters is 1. The van der Waals surface area contributed by atoms with Crippen molar-refractivity contribution in [1.82, 2.24) is 5.32 Å². The van der Waals surface area contributed by atoms with E-state index in [1.807, 2.05) is 28.5 Å². The minimum atomic E-state index is -0.421. The molecule has 1 saturated heterocycles. The Morgan fingerprint density at radius 1 is 1.26 bits per heavy atom. The van der Waals surface area contributed by atoms with Gasteiger partial charge >= 0.3 is 5.97 Å². The molecule has 1 aliphatic heterocycles. The Kier molecular flexibility index (Phi) is 9.55. The minimum Gasteiger partial charge on any atom is -0.456 e. The third-order valence-electron chi connectivity index (χ3n) is 3.99. The molecule has 1 atom stereocenters. The first-order chi connectivity index (χ1) is 13.1. The molecule has 2 amide bonds. The first-order valence-electron chi connectivity index (χ1n) is 9.20. The second-order valence-electron chi connectivity index (χ2n) is 6.22. The van der Waals surface area contributed by atoms with Gasteiger partial charge in [-0.2, -0.15) is 0 Å². The molecule has 0 aliphatic carbocycles. The molecule has 1 fully saturated rings. The molecule has 0 bridgehead atoms. The zero-order valence-corrected chi connectivity index (χ0v) is 17.1. The molecule has 27 heavy (non-hydrogen) atoms. The minimum absolute atomic E-state index is 0.199. The highest BCUT2D eigenvalue weighted by atomic mass is 33.1. The fourth-order valence-corrected chi connectivity index (χ4v) is 5.65. The molecule has 1 aliphatic rings. The molecule has 0 spiro atoms. The van der Waals surface area contributed by atoms with Crippen LogP contribution in [0.2, 0.25) is 0 Å². The van der Waals surface area contributed by atoms with Gasteiger partial charge in [-0.25, -0.2) is 0 Å². The number of ether oxygens (including phenoxy) is 1. The van der Waals surface area contributed by atoms with Gasteiger partial charge in [0.2, 0.25) is 0 Å². The average Bonchev–Trinajstić information content (AvgIpc) is 3.17. The van der Waals surface area contributed by atoms with Crippen molar-refractivity contribution in [2.45, 2.75) is 44.3 Å². The van der Waals surface area contributed by atoms with Crippen molar-refractivity contribution in [2.24, 2.45) is 0 Å². The summed E-state index contributed by atoms with van der Waals surface area (Å²) < 4.78 is 5.02. The summed E-state index contributed by atoms with van der Waals surface area (Å²) in [7, 11) is 3.87. The smallest absolute Gasteiger partial charge is 0.306 e. The Hall–Kier alpha value is -1.67. The van der Waals surface area contributed by atoms with Crippen LogP contribution >= 0.6 is 21.6 Å². The normalized spacial score (nSPS) is 16.0. The van der Waals surface area contributed by atoms with Crippen molar-refractivity contribution in [1.29, 1.82) is 0 Å². The van der Waals surface area contributed by atoms with Crippen LogP contribution in [0.25, 0.3) is 0 Å². The first kappa shape index (κ1) is 21.6. The van der Waals surface area contributed by atoms with E-state index in [-0.39, 0.29) is 18.5 Å². The van der Waals surface area contributed by atoms with E-state index >= 15 is 0 Å². The molecule has 1 aromatic carbocycles. The lowest BCUT2D eigenvalue weighted by Crippen LogP contribution is -2.23. The molecule has 1 aromatic rings. The Morgan fingerprint density at radius 2 is 2.11 bits per heavy atom. The summed E-state index contributed by atoms with van der Waals surface area (Å²) in [5.74, 6) is 0.249. The molecule has 8 heteroatoms. The average molecular weight is 411 g/mol. The van der Waals surface area contributed by atoms with Crippen LogP contribution in [0.1, 0.15) is 49.4 Å². The Labute approximate surface area is 168 Å². The maximum Gasteiger partial charge on any atom is 0.306 e. The number of nitrogens with one attached hydrogen (secondary N) is 2. The summed E-state index contributed by atoms with van der Waals surface area (Å²) in [6, 6.07) is 6.63. The van der Waals surface area contributed by atoms with Crippen LogP contribution in [-0.4, -0.2) is 41.9 Å². The summed E-state index contributed by atoms with van der Waals surface area (Å²) in [6.07, 6.45) is 4.52. The van der Waals surface area contributed by atoms with Crippen LogP contribution in [0.3, 0.4) is 0 Å². The summed E-state index contributed by atoms with van der Waals surface area (Å²) in [5, 5.41) is 6.05.